The second-order valence-corrected chi connectivity index (χ2v) is 4.47. The van der Waals surface area contributed by atoms with Gasteiger partial charge in [-0.3, -0.25) is 4.79 Å². The summed E-state index contributed by atoms with van der Waals surface area (Å²) in [5, 5.41) is 0. The Bertz CT molecular complexity index is 395. The molecule has 0 atom stereocenters. The van der Waals surface area contributed by atoms with Crippen LogP contribution in [0.1, 0.15) is 56.5 Å². The summed E-state index contributed by atoms with van der Waals surface area (Å²) in [7, 11) is 0. The predicted molar refractivity (Wildman–Crippen MR) is 72.9 cm³/mol. The minimum Gasteiger partial charge on any atom is -0.493 e. The molecule has 0 aromatic heterocycles. The van der Waals surface area contributed by atoms with Gasteiger partial charge in [0.15, 0.2) is 5.78 Å². The molecule has 1 aromatic rings. The zero-order valence-electron chi connectivity index (χ0n) is 11.9. The van der Waals surface area contributed by atoms with Gasteiger partial charge in [0.25, 0.3) is 0 Å². The maximum absolute atomic E-state index is 11.8. The second kappa shape index (κ2) is 6.43. The molecule has 0 aliphatic heterocycles. The van der Waals surface area contributed by atoms with Crippen LogP contribution in [0.4, 0.5) is 0 Å². The number of carbonyl (C=O) groups is 1. The Labute approximate surface area is 109 Å². The van der Waals surface area contributed by atoms with Crippen LogP contribution in [-0.2, 0) is 0 Å². The zero-order chi connectivity index (χ0) is 13.7. The largest absolute Gasteiger partial charge is 0.493 e. The molecule has 18 heavy (non-hydrogen) atoms. The number of Topliss-reactive ketones (excluding diaryl/α,β-unsaturated/α-hetero) is 1. The summed E-state index contributed by atoms with van der Waals surface area (Å²) in [6, 6.07) is 3.88. The van der Waals surface area contributed by atoms with Crippen LogP contribution >= 0.6 is 0 Å². The molecule has 0 radical (unpaired) electrons. The topological polar surface area (TPSA) is 35.5 Å². The molecule has 1 aromatic carbocycles. The van der Waals surface area contributed by atoms with Crippen LogP contribution in [0.3, 0.4) is 0 Å². The normalized spacial score (nSPS) is 10.6. The van der Waals surface area contributed by atoms with Gasteiger partial charge in [0, 0.05) is 0 Å². The van der Waals surface area contributed by atoms with Gasteiger partial charge in [-0.15, -0.1) is 0 Å². The molecule has 0 aliphatic rings. The molecule has 1 rings (SSSR count). The summed E-state index contributed by atoms with van der Waals surface area (Å²) in [5.41, 5.74) is 1.66. The maximum atomic E-state index is 11.8. The van der Waals surface area contributed by atoms with Crippen LogP contribution < -0.4 is 9.47 Å². The summed E-state index contributed by atoms with van der Waals surface area (Å²) in [5.74, 6) is 1.58. The fourth-order valence-electron chi connectivity index (χ4n) is 1.83. The van der Waals surface area contributed by atoms with E-state index in [1.807, 2.05) is 26.0 Å². The molecular formula is C15H22O3. The molecule has 0 heterocycles. The van der Waals surface area contributed by atoms with Crippen LogP contribution in [0, 0.1) is 0 Å². The molecule has 0 amide bonds. The fraction of sp³-hybridized carbons (Fsp3) is 0.533. The molecule has 0 saturated heterocycles. The highest BCUT2D eigenvalue weighted by Gasteiger charge is 2.18. The van der Waals surface area contributed by atoms with Crippen molar-refractivity contribution in [3.63, 3.8) is 0 Å². The van der Waals surface area contributed by atoms with E-state index in [2.05, 4.69) is 13.8 Å². The predicted octanol–water partition coefficient (Wildman–Crippen LogP) is 3.81. The summed E-state index contributed by atoms with van der Waals surface area (Å²) in [6.45, 7) is 10.6. The fourth-order valence-corrected chi connectivity index (χ4v) is 1.83. The van der Waals surface area contributed by atoms with Gasteiger partial charge >= 0.3 is 0 Å². The van der Waals surface area contributed by atoms with Gasteiger partial charge in [-0.1, -0.05) is 13.8 Å². The first-order chi connectivity index (χ1) is 8.51. The smallest absolute Gasteiger partial charge is 0.167 e. The standard InChI is InChI=1S/C15H22O3/c1-6-17-13-8-12(10(3)4)9-14(18-7-2)15(13)11(5)16/h8-10H,6-7H2,1-5H3. The van der Waals surface area contributed by atoms with E-state index in [1.165, 1.54) is 6.92 Å². The number of hydrogen-bond donors (Lipinski definition) is 0. The molecule has 0 bridgehead atoms. The van der Waals surface area contributed by atoms with Crippen molar-refractivity contribution in [3.05, 3.63) is 23.3 Å². The van der Waals surface area contributed by atoms with Crippen LogP contribution in [0.2, 0.25) is 0 Å². The lowest BCUT2D eigenvalue weighted by atomic mass is 9.98. The third-order valence-electron chi connectivity index (χ3n) is 2.71. The van der Waals surface area contributed by atoms with E-state index < -0.39 is 0 Å². The number of rotatable bonds is 6. The van der Waals surface area contributed by atoms with Crippen LogP contribution in [-0.4, -0.2) is 19.0 Å². The number of carbonyl (C=O) groups excluding carboxylic acids is 1. The number of ketones is 1. The van der Waals surface area contributed by atoms with Crippen molar-refractivity contribution in [1.82, 2.24) is 0 Å². The van der Waals surface area contributed by atoms with Crippen molar-refractivity contribution in [3.8, 4) is 11.5 Å². The molecule has 0 fully saturated rings. The first-order valence-corrected chi connectivity index (χ1v) is 6.45. The molecule has 0 N–H and O–H groups in total. The third-order valence-corrected chi connectivity index (χ3v) is 2.71. The highest BCUT2D eigenvalue weighted by Crippen LogP contribution is 2.34. The van der Waals surface area contributed by atoms with Gasteiger partial charge < -0.3 is 9.47 Å². The molecule has 0 spiro atoms. The quantitative estimate of drug-likeness (QED) is 0.720. The van der Waals surface area contributed by atoms with E-state index in [1.54, 1.807) is 0 Å². The molecule has 3 heteroatoms. The van der Waals surface area contributed by atoms with Crippen molar-refractivity contribution in [2.75, 3.05) is 13.2 Å². The first kappa shape index (κ1) is 14.6. The molecule has 0 saturated carbocycles. The van der Waals surface area contributed by atoms with E-state index in [-0.39, 0.29) is 5.78 Å². The van der Waals surface area contributed by atoms with Gasteiger partial charge in [0.2, 0.25) is 0 Å². The Hall–Kier alpha value is -1.51. The Kier molecular flexibility index (Phi) is 5.20. The average Bonchev–Trinajstić information content (AvgIpc) is 2.28. The van der Waals surface area contributed by atoms with Gasteiger partial charge in [-0.2, -0.15) is 0 Å². The summed E-state index contributed by atoms with van der Waals surface area (Å²) < 4.78 is 11.2. The van der Waals surface area contributed by atoms with E-state index >= 15 is 0 Å². The molecule has 3 nitrogen and oxygen atoms in total. The van der Waals surface area contributed by atoms with Gasteiger partial charge in [0.05, 0.1) is 13.2 Å². The lowest BCUT2D eigenvalue weighted by molar-refractivity contribution is 0.101. The first-order valence-electron chi connectivity index (χ1n) is 6.45. The average molecular weight is 250 g/mol. The minimum atomic E-state index is -0.0304. The summed E-state index contributed by atoms with van der Waals surface area (Å²) >= 11 is 0. The van der Waals surface area contributed by atoms with Crippen molar-refractivity contribution < 1.29 is 14.3 Å². The van der Waals surface area contributed by atoms with E-state index in [9.17, 15) is 4.79 Å². The second-order valence-electron chi connectivity index (χ2n) is 4.47. The molecule has 100 valence electrons. The summed E-state index contributed by atoms with van der Waals surface area (Å²) in [4.78, 5) is 11.8. The van der Waals surface area contributed by atoms with Crippen LogP contribution in [0.25, 0.3) is 0 Å². The Morgan fingerprint density at radius 3 is 1.83 bits per heavy atom. The van der Waals surface area contributed by atoms with Gasteiger partial charge in [0.1, 0.15) is 17.1 Å². The van der Waals surface area contributed by atoms with Crippen molar-refractivity contribution >= 4 is 5.78 Å². The maximum Gasteiger partial charge on any atom is 0.167 e. The SMILES string of the molecule is CCOc1cc(C(C)C)cc(OCC)c1C(C)=O. The minimum absolute atomic E-state index is 0.0304. The lowest BCUT2D eigenvalue weighted by Gasteiger charge is -2.17. The monoisotopic (exact) mass is 250 g/mol. The van der Waals surface area contributed by atoms with E-state index in [0.717, 1.165) is 5.56 Å². The molecule has 0 aliphatic carbocycles. The van der Waals surface area contributed by atoms with Crippen molar-refractivity contribution in [2.45, 2.75) is 40.5 Å². The van der Waals surface area contributed by atoms with Crippen molar-refractivity contribution in [1.29, 1.82) is 0 Å². The van der Waals surface area contributed by atoms with Gasteiger partial charge in [-0.05, 0) is 44.4 Å². The van der Waals surface area contributed by atoms with Crippen molar-refractivity contribution in [2.24, 2.45) is 0 Å². The lowest BCUT2D eigenvalue weighted by Crippen LogP contribution is -2.07. The van der Waals surface area contributed by atoms with Gasteiger partial charge in [-0.25, -0.2) is 0 Å². The molecular weight excluding hydrogens is 228 g/mol. The van der Waals surface area contributed by atoms with E-state index in [0.29, 0.717) is 36.2 Å². The Morgan fingerprint density at radius 1 is 1.11 bits per heavy atom. The highest BCUT2D eigenvalue weighted by atomic mass is 16.5. The van der Waals surface area contributed by atoms with Crippen LogP contribution in [0.15, 0.2) is 12.1 Å². The highest BCUT2D eigenvalue weighted by molar-refractivity contribution is 5.99. The Balaban J connectivity index is 3.38. The Morgan fingerprint density at radius 2 is 1.56 bits per heavy atom. The number of ether oxygens (including phenoxy) is 2. The zero-order valence-corrected chi connectivity index (χ0v) is 11.9. The number of hydrogen-bond acceptors (Lipinski definition) is 3. The molecule has 0 unspecified atom stereocenters. The summed E-state index contributed by atoms with van der Waals surface area (Å²) in [6.07, 6.45) is 0. The third kappa shape index (κ3) is 3.25. The van der Waals surface area contributed by atoms with Crippen LogP contribution in [0.5, 0.6) is 11.5 Å². The van der Waals surface area contributed by atoms with E-state index in [4.69, 9.17) is 9.47 Å². The number of benzene rings is 1.